The van der Waals surface area contributed by atoms with Crippen LogP contribution in [0.3, 0.4) is 0 Å². The normalized spacial score (nSPS) is 18.6. The van der Waals surface area contributed by atoms with Crippen LogP contribution in [0.25, 0.3) is 0 Å². The average Bonchev–Trinajstić information content (AvgIpc) is 2.61. The highest BCUT2D eigenvalue weighted by Gasteiger charge is 2.34. The molecule has 0 aromatic carbocycles. The summed E-state index contributed by atoms with van der Waals surface area (Å²) in [6, 6.07) is 0. The van der Waals surface area contributed by atoms with Crippen LogP contribution in [-0.4, -0.2) is 32.3 Å². The van der Waals surface area contributed by atoms with Crippen molar-refractivity contribution in [2.75, 3.05) is 13.2 Å². The highest BCUT2D eigenvalue weighted by atomic mass is 31.2. The van der Waals surface area contributed by atoms with Crippen molar-refractivity contribution in [1.82, 2.24) is 0 Å². The van der Waals surface area contributed by atoms with Crippen molar-refractivity contribution in [1.29, 1.82) is 0 Å². The van der Waals surface area contributed by atoms with E-state index in [1.54, 1.807) is 0 Å². The lowest BCUT2D eigenvalue weighted by Gasteiger charge is -2.21. The smallest absolute Gasteiger partial charge is 0.303 e. The van der Waals surface area contributed by atoms with Crippen LogP contribution in [0.2, 0.25) is 6.55 Å². The topological polar surface area (TPSA) is 112 Å². The molecule has 0 rings (SSSR count). The molecule has 0 aliphatic heterocycles. The molecule has 0 saturated heterocycles. The summed E-state index contributed by atoms with van der Waals surface area (Å²) < 4.78 is 44.1. The summed E-state index contributed by atoms with van der Waals surface area (Å²) in [5, 5.41) is 0. The monoisotopic (exact) mass is 461 g/mol. The fourth-order valence-corrected chi connectivity index (χ4v) is 6.84. The minimum Gasteiger partial charge on any atom is -0.303 e. The lowest BCUT2D eigenvalue weighted by molar-refractivity contribution is 0.146. The molecule has 1 radical (unpaired) electrons. The standard InChI is InChI=1S/C17H39O8P2Si/c1-6-10-12-16(8-3)14-22-26(18,19)24-28(5)25-27(20,21)23-15-17(9-4)13-11-7-2/h16-17H,6-15H2,1-5H3,(H,18,19)(H,20,21). The summed E-state index contributed by atoms with van der Waals surface area (Å²) in [7, 11) is -11.2. The maximum atomic E-state index is 12.1. The van der Waals surface area contributed by atoms with Crippen LogP contribution in [0.15, 0.2) is 0 Å². The first-order valence-electron chi connectivity index (χ1n) is 10.3. The summed E-state index contributed by atoms with van der Waals surface area (Å²) in [4.78, 5) is 19.7. The second kappa shape index (κ2) is 15.3. The Hall–Kier alpha value is 0.437. The predicted molar refractivity (Wildman–Crippen MR) is 112 cm³/mol. The van der Waals surface area contributed by atoms with Crippen LogP contribution in [-0.2, 0) is 26.6 Å². The van der Waals surface area contributed by atoms with Gasteiger partial charge in [-0.2, -0.15) is 0 Å². The van der Waals surface area contributed by atoms with Gasteiger partial charge in [-0.05, 0) is 31.2 Å². The first-order valence-corrected chi connectivity index (χ1v) is 15.1. The molecule has 0 aromatic rings. The van der Waals surface area contributed by atoms with Gasteiger partial charge in [0.1, 0.15) is 0 Å². The SMILES string of the molecule is CCCCC(CC)COP(=O)(O)O[Si](C)OP(=O)(O)OCC(CC)CCCC. The minimum atomic E-state index is -4.36. The van der Waals surface area contributed by atoms with Gasteiger partial charge in [0.05, 0.1) is 13.2 Å². The fourth-order valence-electron chi connectivity index (χ4n) is 2.59. The van der Waals surface area contributed by atoms with Gasteiger partial charge in [-0.1, -0.05) is 66.2 Å². The van der Waals surface area contributed by atoms with Crippen LogP contribution >= 0.6 is 15.6 Å². The molecule has 0 aliphatic carbocycles. The maximum Gasteiger partial charge on any atom is 0.464 e. The van der Waals surface area contributed by atoms with Gasteiger partial charge in [0.25, 0.3) is 0 Å². The third-order valence-electron chi connectivity index (χ3n) is 4.52. The maximum absolute atomic E-state index is 12.1. The van der Waals surface area contributed by atoms with E-state index in [4.69, 9.17) is 17.5 Å². The molecule has 0 bridgehead atoms. The lowest BCUT2D eigenvalue weighted by Crippen LogP contribution is -2.19. The Bertz CT molecular complexity index is 452. The van der Waals surface area contributed by atoms with Gasteiger partial charge in [0.15, 0.2) is 0 Å². The predicted octanol–water partition coefficient (Wildman–Crippen LogP) is 5.80. The average molecular weight is 462 g/mol. The van der Waals surface area contributed by atoms with Crippen LogP contribution in [0.4, 0.5) is 0 Å². The Morgan fingerprint density at radius 3 is 1.43 bits per heavy atom. The minimum absolute atomic E-state index is 0.0995. The van der Waals surface area contributed by atoms with Crippen LogP contribution < -0.4 is 0 Å². The molecule has 0 fully saturated rings. The molecule has 8 nitrogen and oxygen atoms in total. The van der Waals surface area contributed by atoms with Gasteiger partial charge < -0.3 is 9.79 Å². The van der Waals surface area contributed by atoms with E-state index in [-0.39, 0.29) is 25.0 Å². The number of unbranched alkanes of at least 4 members (excludes halogenated alkanes) is 2. The van der Waals surface area contributed by atoms with E-state index in [1.165, 1.54) is 6.55 Å². The number of rotatable bonds is 18. The molecule has 4 unspecified atom stereocenters. The summed E-state index contributed by atoms with van der Waals surface area (Å²) in [5.41, 5.74) is 0. The number of hydrogen-bond acceptors (Lipinski definition) is 6. The lowest BCUT2D eigenvalue weighted by atomic mass is 10.0. The molecule has 0 heterocycles. The molecule has 0 aromatic heterocycles. The first-order chi connectivity index (χ1) is 13.1. The Morgan fingerprint density at radius 2 is 1.14 bits per heavy atom. The first kappa shape index (κ1) is 28.4. The van der Waals surface area contributed by atoms with Crippen molar-refractivity contribution in [2.24, 2.45) is 11.8 Å². The molecule has 0 saturated carbocycles. The molecule has 169 valence electrons. The molecule has 2 N–H and O–H groups in total. The Labute approximate surface area is 172 Å². The van der Waals surface area contributed by atoms with Gasteiger partial charge in [-0.3, -0.25) is 17.5 Å². The highest BCUT2D eigenvalue weighted by molar-refractivity contribution is 7.50. The van der Waals surface area contributed by atoms with Gasteiger partial charge in [-0.15, -0.1) is 0 Å². The third kappa shape index (κ3) is 14.4. The van der Waals surface area contributed by atoms with Crippen molar-refractivity contribution in [3.8, 4) is 0 Å². The number of phosphoric ester groups is 2. The second-order valence-corrected chi connectivity index (χ2v) is 11.9. The Kier molecular flexibility index (Phi) is 15.5. The molecule has 28 heavy (non-hydrogen) atoms. The van der Waals surface area contributed by atoms with E-state index in [0.29, 0.717) is 0 Å². The molecule has 4 atom stereocenters. The molecular weight excluding hydrogens is 422 g/mol. The van der Waals surface area contributed by atoms with E-state index in [0.717, 1.165) is 51.4 Å². The van der Waals surface area contributed by atoms with Crippen molar-refractivity contribution in [2.45, 2.75) is 85.6 Å². The van der Waals surface area contributed by atoms with E-state index < -0.39 is 24.9 Å². The molecule has 0 aliphatic rings. The number of hydrogen-bond donors (Lipinski definition) is 2. The zero-order valence-electron chi connectivity index (χ0n) is 18.0. The van der Waals surface area contributed by atoms with E-state index in [2.05, 4.69) is 13.8 Å². The summed E-state index contributed by atoms with van der Waals surface area (Å²) in [6.45, 7) is 9.70. The van der Waals surface area contributed by atoms with Crippen molar-refractivity contribution in [3.05, 3.63) is 0 Å². The summed E-state index contributed by atoms with van der Waals surface area (Å²) >= 11 is 0. The molecule has 0 amide bonds. The highest BCUT2D eigenvalue weighted by Crippen LogP contribution is 2.49. The molecule has 11 heteroatoms. The zero-order valence-corrected chi connectivity index (χ0v) is 20.8. The van der Waals surface area contributed by atoms with Crippen molar-refractivity contribution in [3.63, 3.8) is 0 Å². The van der Waals surface area contributed by atoms with Gasteiger partial charge in [-0.25, -0.2) is 9.13 Å². The second-order valence-electron chi connectivity index (χ2n) is 7.04. The van der Waals surface area contributed by atoms with Crippen LogP contribution in [0.1, 0.15) is 79.1 Å². The van der Waals surface area contributed by atoms with Gasteiger partial charge >= 0.3 is 24.9 Å². The van der Waals surface area contributed by atoms with E-state index in [9.17, 15) is 18.9 Å². The van der Waals surface area contributed by atoms with Gasteiger partial charge in [0, 0.05) is 0 Å². The Balaban J connectivity index is 4.44. The summed E-state index contributed by atoms with van der Waals surface area (Å²) in [5.74, 6) is 0.331. The van der Waals surface area contributed by atoms with Crippen LogP contribution in [0.5, 0.6) is 0 Å². The van der Waals surface area contributed by atoms with Crippen molar-refractivity contribution < 1.29 is 36.4 Å². The zero-order chi connectivity index (χ0) is 21.6. The molecular formula is C17H39O8P2Si. The fraction of sp³-hybridized carbons (Fsp3) is 1.00. The van der Waals surface area contributed by atoms with E-state index >= 15 is 0 Å². The molecule has 0 spiro atoms. The van der Waals surface area contributed by atoms with Crippen molar-refractivity contribution >= 4 is 24.9 Å². The van der Waals surface area contributed by atoms with E-state index in [1.807, 2.05) is 13.8 Å². The largest absolute Gasteiger partial charge is 0.464 e. The Morgan fingerprint density at radius 1 is 0.786 bits per heavy atom. The van der Waals surface area contributed by atoms with Gasteiger partial charge in [0.2, 0.25) is 0 Å². The number of phosphoric acid groups is 2. The summed E-state index contributed by atoms with van der Waals surface area (Å²) in [6.07, 6.45) is 7.60. The quantitative estimate of drug-likeness (QED) is 0.194. The third-order valence-corrected chi connectivity index (χ3v) is 9.37. The van der Waals surface area contributed by atoms with Crippen LogP contribution in [0, 0.1) is 11.8 Å².